The van der Waals surface area contributed by atoms with Crippen molar-refractivity contribution in [1.82, 2.24) is 10.1 Å². The molecule has 0 spiro atoms. The smallest absolute Gasteiger partial charge is 0.299 e. The molecule has 1 aliphatic heterocycles. The molecule has 3 rings (SSSR count). The van der Waals surface area contributed by atoms with Gasteiger partial charge in [-0.2, -0.15) is 4.98 Å². The maximum Gasteiger partial charge on any atom is 0.299 e. The lowest BCUT2D eigenvalue weighted by molar-refractivity contribution is -0.114. The van der Waals surface area contributed by atoms with Crippen LogP contribution in [-0.4, -0.2) is 21.8 Å². The Kier molecular flexibility index (Phi) is 2.67. The van der Waals surface area contributed by atoms with E-state index >= 15 is 0 Å². The molecule has 0 aliphatic carbocycles. The van der Waals surface area contributed by atoms with E-state index in [2.05, 4.69) is 10.1 Å². The largest absolute Gasteiger partial charge is 0.340 e. The number of carbonyl (C=O) groups is 2. The van der Waals surface area contributed by atoms with Crippen LogP contribution in [0.4, 0.5) is 5.69 Å². The normalized spacial score (nSPS) is 14.1. The van der Waals surface area contributed by atoms with Crippen molar-refractivity contribution in [3.63, 3.8) is 0 Å². The van der Waals surface area contributed by atoms with Crippen molar-refractivity contribution in [1.29, 1.82) is 0 Å². The zero-order valence-electron chi connectivity index (χ0n) is 11.4. The van der Waals surface area contributed by atoms with Crippen LogP contribution in [0.25, 0.3) is 0 Å². The number of nitrogens with zero attached hydrogens (tertiary/aromatic N) is 3. The van der Waals surface area contributed by atoms with Crippen molar-refractivity contribution < 1.29 is 14.1 Å². The number of benzene rings is 1. The molecule has 0 bridgehead atoms. The van der Waals surface area contributed by atoms with Crippen LogP contribution < -0.4 is 4.90 Å². The monoisotopic (exact) mass is 271 g/mol. The van der Waals surface area contributed by atoms with Gasteiger partial charge >= 0.3 is 0 Å². The molecule has 0 saturated heterocycles. The number of amides is 1. The van der Waals surface area contributed by atoms with Gasteiger partial charge in [0.05, 0.1) is 17.8 Å². The number of hydrogen-bond acceptors (Lipinski definition) is 5. The maximum absolute atomic E-state index is 12.1. The van der Waals surface area contributed by atoms with Gasteiger partial charge in [-0.05, 0) is 31.0 Å². The van der Waals surface area contributed by atoms with Crippen LogP contribution in [0.5, 0.6) is 0 Å². The van der Waals surface area contributed by atoms with E-state index in [1.54, 1.807) is 13.0 Å². The molecule has 6 heteroatoms. The highest BCUT2D eigenvalue weighted by molar-refractivity contribution is 6.52. The van der Waals surface area contributed by atoms with Gasteiger partial charge in [-0.1, -0.05) is 11.2 Å². The number of aryl methyl sites for hydroxylation is 2. The van der Waals surface area contributed by atoms with E-state index < -0.39 is 11.7 Å². The molecule has 0 saturated carbocycles. The van der Waals surface area contributed by atoms with E-state index in [1.165, 1.54) is 4.90 Å². The Morgan fingerprint density at radius 3 is 2.60 bits per heavy atom. The second-order valence-corrected chi connectivity index (χ2v) is 4.85. The number of rotatable bonds is 2. The first-order valence-electron chi connectivity index (χ1n) is 6.24. The van der Waals surface area contributed by atoms with Crippen molar-refractivity contribution in [2.45, 2.75) is 27.3 Å². The zero-order chi connectivity index (χ0) is 14.4. The highest BCUT2D eigenvalue weighted by atomic mass is 16.5. The second-order valence-electron chi connectivity index (χ2n) is 4.85. The fourth-order valence-corrected chi connectivity index (χ4v) is 2.37. The summed E-state index contributed by atoms with van der Waals surface area (Å²) in [4.78, 5) is 29.6. The van der Waals surface area contributed by atoms with Crippen LogP contribution in [0, 0.1) is 20.8 Å². The van der Waals surface area contributed by atoms with Gasteiger partial charge in [0, 0.05) is 6.92 Å². The van der Waals surface area contributed by atoms with Gasteiger partial charge in [0.1, 0.15) is 0 Å². The number of fused-ring (bicyclic) bond motifs is 1. The van der Waals surface area contributed by atoms with E-state index in [0.717, 1.165) is 11.1 Å². The molecular formula is C14H13N3O3. The fourth-order valence-electron chi connectivity index (χ4n) is 2.37. The molecule has 6 nitrogen and oxygen atoms in total. The average Bonchev–Trinajstić information content (AvgIpc) is 2.92. The Morgan fingerprint density at radius 2 is 1.95 bits per heavy atom. The van der Waals surface area contributed by atoms with Gasteiger partial charge < -0.3 is 4.52 Å². The molecular weight excluding hydrogens is 258 g/mol. The fraction of sp³-hybridized carbons (Fsp3) is 0.286. The molecule has 1 aromatic heterocycles. The van der Waals surface area contributed by atoms with Gasteiger partial charge in [0.2, 0.25) is 5.89 Å². The molecule has 2 heterocycles. The van der Waals surface area contributed by atoms with E-state index in [-0.39, 0.29) is 6.54 Å². The molecule has 0 fully saturated rings. The lowest BCUT2D eigenvalue weighted by Crippen LogP contribution is -2.30. The van der Waals surface area contributed by atoms with Crippen molar-refractivity contribution in [2.24, 2.45) is 0 Å². The summed E-state index contributed by atoms with van der Waals surface area (Å²) in [7, 11) is 0. The number of aromatic nitrogens is 2. The highest BCUT2D eigenvalue weighted by Crippen LogP contribution is 2.34. The highest BCUT2D eigenvalue weighted by Gasteiger charge is 2.37. The van der Waals surface area contributed by atoms with E-state index in [4.69, 9.17) is 4.52 Å². The predicted octanol–water partition coefficient (Wildman–Crippen LogP) is 1.72. The molecule has 0 radical (unpaired) electrons. The minimum absolute atomic E-state index is 0.138. The molecule has 0 unspecified atom stereocenters. The SMILES string of the molecule is Cc1nc(CN2C(=O)C(=O)c3ccc(C)c(C)c32)no1. The third-order valence-corrected chi connectivity index (χ3v) is 3.52. The first-order valence-corrected chi connectivity index (χ1v) is 6.24. The summed E-state index contributed by atoms with van der Waals surface area (Å²) in [6.45, 7) is 5.66. The molecule has 102 valence electrons. The molecule has 2 aromatic rings. The summed E-state index contributed by atoms with van der Waals surface area (Å²) in [5.41, 5.74) is 3.04. The predicted molar refractivity (Wildman–Crippen MR) is 70.5 cm³/mol. The molecule has 0 atom stereocenters. The van der Waals surface area contributed by atoms with Crippen molar-refractivity contribution in [3.8, 4) is 0 Å². The Hall–Kier alpha value is -2.50. The number of ketones is 1. The number of Topliss-reactive ketones (excluding diaryl/α,β-unsaturated/α-hetero) is 1. The summed E-state index contributed by atoms with van der Waals surface area (Å²) in [6.07, 6.45) is 0. The lowest BCUT2D eigenvalue weighted by atomic mass is 10.0. The quantitative estimate of drug-likeness (QED) is 0.777. The number of anilines is 1. The maximum atomic E-state index is 12.1. The minimum Gasteiger partial charge on any atom is -0.340 e. The van der Waals surface area contributed by atoms with Crippen molar-refractivity contribution in [3.05, 3.63) is 40.5 Å². The third-order valence-electron chi connectivity index (χ3n) is 3.52. The summed E-state index contributed by atoms with van der Waals surface area (Å²) in [6, 6.07) is 3.54. The van der Waals surface area contributed by atoms with Crippen LogP contribution in [0.2, 0.25) is 0 Å². The Morgan fingerprint density at radius 1 is 1.20 bits per heavy atom. The van der Waals surface area contributed by atoms with Crippen LogP contribution in [0.15, 0.2) is 16.7 Å². The van der Waals surface area contributed by atoms with Crippen LogP contribution in [-0.2, 0) is 11.3 Å². The molecule has 1 aliphatic rings. The molecule has 1 aromatic carbocycles. The van der Waals surface area contributed by atoms with E-state index in [9.17, 15) is 9.59 Å². The van der Waals surface area contributed by atoms with Gasteiger partial charge in [-0.15, -0.1) is 0 Å². The molecule has 1 amide bonds. The van der Waals surface area contributed by atoms with Crippen molar-refractivity contribution in [2.75, 3.05) is 4.90 Å². The van der Waals surface area contributed by atoms with Crippen molar-refractivity contribution >= 4 is 17.4 Å². The van der Waals surface area contributed by atoms with E-state index in [1.807, 2.05) is 19.9 Å². The van der Waals surface area contributed by atoms with Gasteiger partial charge in [0.15, 0.2) is 5.82 Å². The Bertz CT molecular complexity index is 733. The minimum atomic E-state index is -0.545. The number of hydrogen-bond donors (Lipinski definition) is 0. The second kappa shape index (κ2) is 4.26. The third kappa shape index (κ3) is 1.72. The topological polar surface area (TPSA) is 76.3 Å². The Labute approximate surface area is 115 Å². The summed E-state index contributed by atoms with van der Waals surface area (Å²) >= 11 is 0. The molecule has 20 heavy (non-hydrogen) atoms. The van der Waals surface area contributed by atoms with Crippen LogP contribution >= 0.6 is 0 Å². The summed E-state index contributed by atoms with van der Waals surface area (Å²) in [5.74, 6) is -0.212. The van der Waals surface area contributed by atoms with Gasteiger partial charge in [-0.25, -0.2) is 0 Å². The average molecular weight is 271 g/mol. The Balaban J connectivity index is 2.07. The lowest BCUT2D eigenvalue weighted by Gasteiger charge is -2.17. The summed E-state index contributed by atoms with van der Waals surface area (Å²) in [5, 5.41) is 3.77. The first kappa shape index (κ1) is 12.5. The summed E-state index contributed by atoms with van der Waals surface area (Å²) < 4.78 is 4.89. The van der Waals surface area contributed by atoms with Gasteiger partial charge in [-0.3, -0.25) is 14.5 Å². The van der Waals surface area contributed by atoms with Crippen LogP contribution in [0.3, 0.4) is 0 Å². The zero-order valence-corrected chi connectivity index (χ0v) is 11.4. The standard InChI is InChI=1S/C14H13N3O3/c1-7-4-5-10-12(8(7)2)17(14(19)13(10)18)6-11-15-9(3)20-16-11/h4-5H,6H2,1-3H3. The molecule has 0 N–H and O–H groups in total. The van der Waals surface area contributed by atoms with E-state index in [0.29, 0.717) is 23.0 Å². The van der Waals surface area contributed by atoms with Gasteiger partial charge in [0.25, 0.3) is 11.7 Å². The number of carbonyl (C=O) groups excluding carboxylic acids is 2. The van der Waals surface area contributed by atoms with Crippen LogP contribution in [0.1, 0.15) is 33.2 Å². The first-order chi connectivity index (χ1) is 9.49.